The first-order valence-corrected chi connectivity index (χ1v) is 6.75. The molecule has 0 fully saturated rings. The van der Waals surface area contributed by atoms with Crippen LogP contribution in [0.25, 0.3) is 0 Å². The van der Waals surface area contributed by atoms with Crippen LogP contribution < -0.4 is 5.73 Å². The standard InChI is InChI=1S/C15H27N3/c1-6-18(11-13-9-7-8-10-17-13)14(12(2)16)15(3,4)5/h7-10,12,14H,6,11,16H2,1-5H3. The minimum absolute atomic E-state index is 0.147. The molecule has 0 spiro atoms. The molecule has 1 heterocycles. The van der Waals surface area contributed by atoms with Gasteiger partial charge in [0, 0.05) is 24.8 Å². The molecule has 1 aromatic heterocycles. The van der Waals surface area contributed by atoms with Crippen LogP contribution in [0.1, 0.15) is 40.3 Å². The fourth-order valence-corrected chi connectivity index (χ4v) is 2.78. The van der Waals surface area contributed by atoms with Gasteiger partial charge >= 0.3 is 0 Å². The molecular formula is C15H27N3. The van der Waals surface area contributed by atoms with Crippen molar-refractivity contribution in [1.82, 2.24) is 9.88 Å². The maximum atomic E-state index is 6.19. The van der Waals surface area contributed by atoms with E-state index in [2.05, 4.69) is 50.6 Å². The fraction of sp³-hybridized carbons (Fsp3) is 0.667. The van der Waals surface area contributed by atoms with Gasteiger partial charge in [-0.2, -0.15) is 0 Å². The Kier molecular flexibility index (Phi) is 5.29. The molecule has 0 bridgehead atoms. The summed E-state index contributed by atoms with van der Waals surface area (Å²) < 4.78 is 0. The summed E-state index contributed by atoms with van der Waals surface area (Å²) in [6.45, 7) is 12.9. The summed E-state index contributed by atoms with van der Waals surface area (Å²) in [5.74, 6) is 0. The first-order chi connectivity index (χ1) is 8.36. The minimum atomic E-state index is 0.147. The van der Waals surface area contributed by atoms with Crippen LogP contribution in [-0.4, -0.2) is 28.5 Å². The number of pyridine rings is 1. The van der Waals surface area contributed by atoms with Gasteiger partial charge in [-0.3, -0.25) is 9.88 Å². The van der Waals surface area contributed by atoms with Crippen molar-refractivity contribution in [3.05, 3.63) is 30.1 Å². The van der Waals surface area contributed by atoms with E-state index >= 15 is 0 Å². The number of hydrogen-bond donors (Lipinski definition) is 1. The predicted molar refractivity (Wildman–Crippen MR) is 77.2 cm³/mol. The highest BCUT2D eigenvalue weighted by Crippen LogP contribution is 2.27. The number of likely N-dealkylation sites (N-methyl/N-ethyl adjacent to an activating group) is 1. The van der Waals surface area contributed by atoms with E-state index in [1.54, 1.807) is 0 Å². The molecule has 2 N–H and O–H groups in total. The van der Waals surface area contributed by atoms with Gasteiger partial charge in [-0.15, -0.1) is 0 Å². The summed E-state index contributed by atoms with van der Waals surface area (Å²) in [4.78, 5) is 6.83. The molecule has 1 rings (SSSR count). The molecule has 0 aliphatic heterocycles. The fourth-order valence-electron chi connectivity index (χ4n) is 2.78. The molecule has 1 aromatic rings. The third-order valence-corrected chi connectivity index (χ3v) is 3.28. The van der Waals surface area contributed by atoms with E-state index in [1.165, 1.54) is 0 Å². The summed E-state index contributed by atoms with van der Waals surface area (Å²) in [5.41, 5.74) is 7.46. The van der Waals surface area contributed by atoms with Gasteiger partial charge in [0.2, 0.25) is 0 Å². The van der Waals surface area contributed by atoms with Crippen molar-refractivity contribution in [3.8, 4) is 0 Å². The van der Waals surface area contributed by atoms with Gasteiger partial charge in [-0.05, 0) is 31.0 Å². The summed E-state index contributed by atoms with van der Waals surface area (Å²) >= 11 is 0. The largest absolute Gasteiger partial charge is 0.327 e. The van der Waals surface area contributed by atoms with Gasteiger partial charge in [0.15, 0.2) is 0 Å². The number of rotatable bonds is 5. The third kappa shape index (κ3) is 4.07. The van der Waals surface area contributed by atoms with Gasteiger partial charge in [0.25, 0.3) is 0 Å². The summed E-state index contributed by atoms with van der Waals surface area (Å²) in [6.07, 6.45) is 1.85. The van der Waals surface area contributed by atoms with E-state index in [0.29, 0.717) is 6.04 Å². The average Bonchev–Trinajstić information content (AvgIpc) is 2.27. The van der Waals surface area contributed by atoms with Crippen molar-refractivity contribution in [1.29, 1.82) is 0 Å². The second-order valence-electron chi connectivity index (χ2n) is 6.05. The first kappa shape index (κ1) is 15.1. The number of nitrogens with zero attached hydrogens (tertiary/aromatic N) is 2. The third-order valence-electron chi connectivity index (χ3n) is 3.28. The second-order valence-corrected chi connectivity index (χ2v) is 6.05. The van der Waals surface area contributed by atoms with Crippen molar-refractivity contribution in [2.75, 3.05) is 6.54 Å². The minimum Gasteiger partial charge on any atom is -0.327 e. The summed E-state index contributed by atoms with van der Waals surface area (Å²) in [5, 5.41) is 0. The molecule has 0 aliphatic carbocycles. The molecule has 2 unspecified atom stereocenters. The van der Waals surface area contributed by atoms with Crippen LogP contribution >= 0.6 is 0 Å². The quantitative estimate of drug-likeness (QED) is 0.872. The van der Waals surface area contributed by atoms with Crippen LogP contribution in [0.2, 0.25) is 0 Å². The van der Waals surface area contributed by atoms with E-state index in [4.69, 9.17) is 5.73 Å². The maximum Gasteiger partial charge on any atom is 0.0544 e. The van der Waals surface area contributed by atoms with Gasteiger partial charge in [-0.25, -0.2) is 0 Å². The van der Waals surface area contributed by atoms with Crippen molar-refractivity contribution in [2.45, 2.75) is 53.2 Å². The van der Waals surface area contributed by atoms with Gasteiger partial charge in [-0.1, -0.05) is 33.8 Å². The van der Waals surface area contributed by atoms with E-state index in [0.717, 1.165) is 18.8 Å². The Bertz CT molecular complexity index is 341. The van der Waals surface area contributed by atoms with Crippen LogP contribution in [0.5, 0.6) is 0 Å². The Labute approximate surface area is 111 Å². The number of aromatic nitrogens is 1. The molecule has 102 valence electrons. The first-order valence-electron chi connectivity index (χ1n) is 6.75. The van der Waals surface area contributed by atoms with Crippen molar-refractivity contribution in [3.63, 3.8) is 0 Å². The van der Waals surface area contributed by atoms with Crippen molar-refractivity contribution < 1.29 is 0 Å². The normalized spacial score (nSPS) is 15.7. The van der Waals surface area contributed by atoms with Crippen LogP contribution in [0.3, 0.4) is 0 Å². The van der Waals surface area contributed by atoms with Gasteiger partial charge in [0.1, 0.15) is 0 Å². The van der Waals surface area contributed by atoms with Gasteiger partial charge < -0.3 is 5.73 Å². The average molecular weight is 249 g/mol. The lowest BCUT2D eigenvalue weighted by molar-refractivity contribution is 0.0790. The molecule has 0 radical (unpaired) electrons. The second kappa shape index (κ2) is 6.30. The summed E-state index contributed by atoms with van der Waals surface area (Å²) in [6, 6.07) is 6.56. The Morgan fingerprint density at radius 2 is 2.00 bits per heavy atom. The van der Waals surface area contributed by atoms with E-state index in [9.17, 15) is 0 Å². The zero-order chi connectivity index (χ0) is 13.8. The number of hydrogen-bond acceptors (Lipinski definition) is 3. The molecule has 0 amide bonds. The van der Waals surface area contributed by atoms with Gasteiger partial charge in [0.05, 0.1) is 5.69 Å². The molecule has 3 heteroatoms. The Morgan fingerprint density at radius 1 is 1.33 bits per heavy atom. The highest BCUT2D eigenvalue weighted by atomic mass is 15.2. The Balaban J connectivity index is 2.87. The van der Waals surface area contributed by atoms with E-state index in [-0.39, 0.29) is 11.5 Å². The lowest BCUT2D eigenvalue weighted by Crippen LogP contribution is -2.53. The SMILES string of the molecule is CCN(Cc1ccccn1)C(C(C)N)C(C)(C)C. The highest BCUT2D eigenvalue weighted by molar-refractivity contribution is 5.04. The van der Waals surface area contributed by atoms with Crippen LogP contribution in [0.4, 0.5) is 0 Å². The lowest BCUT2D eigenvalue weighted by Gasteiger charge is -2.42. The topological polar surface area (TPSA) is 42.2 Å². The van der Waals surface area contributed by atoms with Crippen molar-refractivity contribution in [2.24, 2.45) is 11.1 Å². The molecule has 0 saturated carbocycles. The zero-order valence-corrected chi connectivity index (χ0v) is 12.4. The Hall–Kier alpha value is -0.930. The monoisotopic (exact) mass is 249 g/mol. The van der Waals surface area contributed by atoms with Crippen LogP contribution in [0.15, 0.2) is 24.4 Å². The zero-order valence-electron chi connectivity index (χ0n) is 12.4. The number of nitrogens with two attached hydrogens (primary N) is 1. The highest BCUT2D eigenvalue weighted by Gasteiger charge is 2.32. The molecule has 0 saturated heterocycles. The molecule has 0 aliphatic rings. The molecule has 3 nitrogen and oxygen atoms in total. The molecule has 18 heavy (non-hydrogen) atoms. The maximum absolute atomic E-state index is 6.19. The molecular weight excluding hydrogens is 222 g/mol. The Morgan fingerprint density at radius 3 is 2.39 bits per heavy atom. The predicted octanol–water partition coefficient (Wildman–Crippen LogP) is 2.67. The smallest absolute Gasteiger partial charge is 0.0544 e. The lowest BCUT2D eigenvalue weighted by atomic mass is 9.81. The van der Waals surface area contributed by atoms with E-state index < -0.39 is 0 Å². The molecule has 2 atom stereocenters. The van der Waals surface area contributed by atoms with E-state index in [1.807, 2.05) is 18.3 Å². The van der Waals surface area contributed by atoms with Crippen LogP contribution in [0, 0.1) is 5.41 Å². The summed E-state index contributed by atoms with van der Waals surface area (Å²) in [7, 11) is 0. The van der Waals surface area contributed by atoms with Crippen molar-refractivity contribution >= 4 is 0 Å². The molecule has 0 aromatic carbocycles. The van der Waals surface area contributed by atoms with Crippen LogP contribution in [-0.2, 0) is 6.54 Å².